The Hall–Kier alpha value is -1.49. The zero-order valence-electron chi connectivity index (χ0n) is 10.9. The molecule has 0 heterocycles. The summed E-state index contributed by atoms with van der Waals surface area (Å²) in [5.74, 6) is -1.76. The van der Waals surface area contributed by atoms with Gasteiger partial charge in [0, 0.05) is 6.07 Å². The van der Waals surface area contributed by atoms with Crippen LogP contribution in [-0.4, -0.2) is 18.1 Å². The van der Waals surface area contributed by atoms with E-state index in [-0.39, 0.29) is 17.9 Å². The molecule has 100 valence electrons. The maximum absolute atomic E-state index is 13.4. The van der Waals surface area contributed by atoms with Gasteiger partial charge in [0.1, 0.15) is 18.2 Å². The molecule has 0 radical (unpaired) electrons. The Morgan fingerprint density at radius 2 is 1.89 bits per heavy atom. The van der Waals surface area contributed by atoms with E-state index in [4.69, 9.17) is 4.74 Å². The van der Waals surface area contributed by atoms with E-state index in [1.165, 1.54) is 6.92 Å². The van der Waals surface area contributed by atoms with Crippen LogP contribution in [0.2, 0.25) is 0 Å². The van der Waals surface area contributed by atoms with E-state index in [0.717, 1.165) is 12.1 Å². The Morgan fingerprint density at radius 3 is 2.44 bits per heavy atom. The van der Waals surface area contributed by atoms with Crippen molar-refractivity contribution in [2.75, 3.05) is 11.9 Å². The fraction of sp³-hybridized carbons (Fsp3) is 0.462. The molecule has 0 aliphatic rings. The summed E-state index contributed by atoms with van der Waals surface area (Å²) in [5, 5.41) is 2.27. The monoisotopic (exact) mass is 257 g/mol. The fourth-order valence-electron chi connectivity index (χ4n) is 1.21. The first-order valence-electron chi connectivity index (χ1n) is 5.58. The predicted molar refractivity (Wildman–Crippen MR) is 65.4 cm³/mol. The molecule has 1 N–H and O–H groups in total. The van der Waals surface area contributed by atoms with Gasteiger partial charge in [-0.05, 0) is 39.3 Å². The van der Waals surface area contributed by atoms with E-state index in [9.17, 15) is 13.6 Å². The van der Waals surface area contributed by atoms with Crippen LogP contribution in [0.5, 0.6) is 0 Å². The first-order chi connectivity index (χ1) is 8.19. The largest absolute Gasteiger partial charge is 0.366 e. The van der Waals surface area contributed by atoms with Crippen LogP contribution in [-0.2, 0) is 9.53 Å². The van der Waals surface area contributed by atoms with Gasteiger partial charge in [0.25, 0.3) is 0 Å². The lowest BCUT2D eigenvalue weighted by molar-refractivity contribution is -0.125. The highest BCUT2D eigenvalue weighted by molar-refractivity contribution is 5.91. The molecule has 1 aromatic carbocycles. The fourth-order valence-corrected chi connectivity index (χ4v) is 1.21. The number of hydrogen-bond acceptors (Lipinski definition) is 2. The van der Waals surface area contributed by atoms with Gasteiger partial charge in [-0.25, -0.2) is 8.78 Å². The Kier molecular flexibility index (Phi) is 4.40. The summed E-state index contributed by atoms with van der Waals surface area (Å²) in [6.07, 6.45) is 0. The maximum Gasteiger partial charge on any atom is 0.250 e. The first-order valence-corrected chi connectivity index (χ1v) is 5.58. The summed E-state index contributed by atoms with van der Waals surface area (Å²) < 4.78 is 31.9. The molecule has 5 heteroatoms. The third kappa shape index (κ3) is 4.41. The second kappa shape index (κ2) is 5.44. The van der Waals surface area contributed by atoms with Gasteiger partial charge in [-0.2, -0.15) is 0 Å². The number of carbonyl (C=O) groups excluding carboxylic acids is 1. The molecule has 0 atom stereocenters. The number of benzene rings is 1. The molecule has 0 bridgehead atoms. The molecule has 0 spiro atoms. The first kappa shape index (κ1) is 14.6. The third-order valence-electron chi connectivity index (χ3n) is 2.16. The molecule has 0 fully saturated rings. The van der Waals surface area contributed by atoms with Gasteiger partial charge < -0.3 is 10.1 Å². The van der Waals surface area contributed by atoms with Crippen LogP contribution in [0, 0.1) is 18.6 Å². The summed E-state index contributed by atoms with van der Waals surface area (Å²) in [4.78, 5) is 11.5. The molecule has 1 aromatic rings. The van der Waals surface area contributed by atoms with Crippen LogP contribution in [0.1, 0.15) is 26.3 Å². The van der Waals surface area contributed by atoms with Crippen LogP contribution in [0.15, 0.2) is 12.1 Å². The zero-order valence-corrected chi connectivity index (χ0v) is 10.9. The van der Waals surface area contributed by atoms with Crippen molar-refractivity contribution < 1.29 is 18.3 Å². The second-order valence-corrected chi connectivity index (χ2v) is 5.03. The average molecular weight is 257 g/mol. The summed E-state index contributed by atoms with van der Waals surface area (Å²) in [6, 6.07) is 2.00. The van der Waals surface area contributed by atoms with Crippen molar-refractivity contribution in [1.82, 2.24) is 0 Å². The molecule has 0 unspecified atom stereocenters. The summed E-state index contributed by atoms with van der Waals surface area (Å²) in [7, 11) is 0. The number of hydrogen-bond donors (Lipinski definition) is 1. The highest BCUT2D eigenvalue weighted by atomic mass is 19.1. The van der Waals surface area contributed by atoms with Crippen molar-refractivity contribution in [3.8, 4) is 0 Å². The van der Waals surface area contributed by atoms with Gasteiger partial charge in [-0.1, -0.05) is 0 Å². The minimum absolute atomic E-state index is 0.180. The summed E-state index contributed by atoms with van der Waals surface area (Å²) in [5.41, 5.74) is -0.453. The van der Waals surface area contributed by atoms with Gasteiger partial charge in [0.15, 0.2) is 0 Å². The quantitative estimate of drug-likeness (QED) is 0.903. The molecule has 18 heavy (non-hydrogen) atoms. The van der Waals surface area contributed by atoms with Crippen LogP contribution in [0.4, 0.5) is 14.5 Å². The minimum atomic E-state index is -0.669. The molecule has 1 amide bonds. The van der Waals surface area contributed by atoms with E-state index in [1.54, 1.807) is 20.8 Å². The predicted octanol–water partition coefficient (Wildman–Crippen LogP) is 3.03. The van der Waals surface area contributed by atoms with Gasteiger partial charge >= 0.3 is 0 Å². The summed E-state index contributed by atoms with van der Waals surface area (Å²) >= 11 is 0. The van der Waals surface area contributed by atoms with Crippen LogP contribution in [0.25, 0.3) is 0 Å². The van der Waals surface area contributed by atoms with Crippen LogP contribution >= 0.6 is 0 Å². The van der Waals surface area contributed by atoms with Crippen molar-refractivity contribution in [2.45, 2.75) is 33.3 Å². The topological polar surface area (TPSA) is 38.3 Å². The second-order valence-electron chi connectivity index (χ2n) is 5.03. The molecule has 0 saturated carbocycles. The van der Waals surface area contributed by atoms with Crippen molar-refractivity contribution in [2.24, 2.45) is 0 Å². The molecule has 0 aliphatic carbocycles. The number of rotatable bonds is 3. The number of amides is 1. The molecule has 0 saturated heterocycles. The van der Waals surface area contributed by atoms with E-state index in [0.29, 0.717) is 0 Å². The van der Waals surface area contributed by atoms with Gasteiger partial charge in [0.2, 0.25) is 5.91 Å². The van der Waals surface area contributed by atoms with E-state index in [1.807, 2.05) is 0 Å². The van der Waals surface area contributed by atoms with Crippen LogP contribution < -0.4 is 5.32 Å². The molecular weight excluding hydrogens is 240 g/mol. The van der Waals surface area contributed by atoms with E-state index in [2.05, 4.69) is 5.32 Å². The smallest absolute Gasteiger partial charge is 0.250 e. The number of nitrogens with one attached hydrogen (secondary N) is 1. The number of aryl methyl sites for hydroxylation is 1. The molecule has 0 aliphatic heterocycles. The van der Waals surface area contributed by atoms with Crippen molar-refractivity contribution in [3.63, 3.8) is 0 Å². The van der Waals surface area contributed by atoms with Gasteiger partial charge in [0.05, 0.1) is 11.3 Å². The zero-order chi connectivity index (χ0) is 13.9. The third-order valence-corrected chi connectivity index (χ3v) is 2.16. The number of ether oxygens (including phenoxy) is 1. The standard InChI is InChI=1S/C13H17F2NO2/c1-8-5-10(15)11(6-9(8)14)16-12(17)7-18-13(2,3)4/h5-6H,7H2,1-4H3,(H,16,17). The molecule has 3 nitrogen and oxygen atoms in total. The van der Waals surface area contributed by atoms with Crippen molar-refractivity contribution >= 4 is 11.6 Å². The van der Waals surface area contributed by atoms with Crippen molar-refractivity contribution in [1.29, 1.82) is 0 Å². The van der Waals surface area contributed by atoms with E-state index >= 15 is 0 Å². The maximum atomic E-state index is 13.4. The Morgan fingerprint density at radius 1 is 1.28 bits per heavy atom. The Labute approximate surface area is 105 Å². The molecular formula is C13H17F2NO2. The number of carbonyl (C=O) groups is 1. The minimum Gasteiger partial charge on any atom is -0.366 e. The lowest BCUT2D eigenvalue weighted by Crippen LogP contribution is -2.27. The normalized spacial score (nSPS) is 11.4. The highest BCUT2D eigenvalue weighted by Crippen LogP contribution is 2.18. The Balaban J connectivity index is 2.68. The van der Waals surface area contributed by atoms with E-state index < -0.39 is 23.1 Å². The number of anilines is 1. The lowest BCUT2D eigenvalue weighted by atomic mass is 10.2. The lowest BCUT2D eigenvalue weighted by Gasteiger charge is -2.19. The van der Waals surface area contributed by atoms with Gasteiger partial charge in [-0.3, -0.25) is 4.79 Å². The molecule has 1 rings (SSSR count). The summed E-state index contributed by atoms with van der Waals surface area (Å²) in [6.45, 7) is 6.64. The average Bonchev–Trinajstić information content (AvgIpc) is 2.22. The van der Waals surface area contributed by atoms with Crippen LogP contribution in [0.3, 0.4) is 0 Å². The highest BCUT2D eigenvalue weighted by Gasteiger charge is 2.15. The number of halogens is 2. The Bertz CT molecular complexity index is 453. The SMILES string of the molecule is Cc1cc(F)c(NC(=O)COC(C)(C)C)cc1F. The molecule has 0 aromatic heterocycles. The van der Waals surface area contributed by atoms with Gasteiger partial charge in [-0.15, -0.1) is 0 Å². The van der Waals surface area contributed by atoms with Crippen molar-refractivity contribution in [3.05, 3.63) is 29.3 Å².